The number of ether oxygens (including phenoxy) is 1. The predicted molar refractivity (Wildman–Crippen MR) is 68.8 cm³/mol. The highest BCUT2D eigenvalue weighted by Gasteiger charge is 2.18. The van der Waals surface area contributed by atoms with Crippen LogP contribution in [0.25, 0.3) is 0 Å². The fourth-order valence-corrected chi connectivity index (χ4v) is 1.56. The summed E-state index contributed by atoms with van der Waals surface area (Å²) in [7, 11) is 0. The summed E-state index contributed by atoms with van der Waals surface area (Å²) in [5.74, 6) is -3.40. The van der Waals surface area contributed by atoms with E-state index in [4.69, 9.17) is 10.5 Å². The molecule has 0 heterocycles. The molecule has 6 nitrogen and oxygen atoms in total. The molecule has 2 rings (SSSR count). The molecule has 2 aromatic carbocycles. The van der Waals surface area contributed by atoms with Crippen LogP contribution in [0.5, 0.6) is 5.75 Å². The molecule has 2 N–H and O–H groups in total. The molecule has 0 aliphatic rings. The molecule has 0 radical (unpaired) electrons. The Morgan fingerprint density at radius 1 is 1.14 bits per heavy atom. The highest BCUT2D eigenvalue weighted by molar-refractivity contribution is 5.91. The maximum Gasteiger partial charge on any atom is 0.346 e. The number of nitrogens with zero attached hydrogens (tertiary/aromatic N) is 1. The lowest BCUT2D eigenvalue weighted by Crippen LogP contribution is -2.11. The van der Waals surface area contributed by atoms with Crippen LogP contribution in [0.4, 0.5) is 20.2 Å². The van der Waals surface area contributed by atoms with Crippen molar-refractivity contribution in [2.24, 2.45) is 0 Å². The van der Waals surface area contributed by atoms with E-state index < -0.39 is 28.2 Å². The van der Waals surface area contributed by atoms with E-state index >= 15 is 0 Å². The zero-order chi connectivity index (χ0) is 15.6. The summed E-state index contributed by atoms with van der Waals surface area (Å²) in [5, 5.41) is 10.4. The zero-order valence-corrected chi connectivity index (χ0v) is 10.4. The number of nitrogen functional groups attached to an aromatic ring is 1. The lowest BCUT2D eigenvalue weighted by molar-refractivity contribution is -0.387. The maximum absolute atomic E-state index is 13.5. The smallest absolute Gasteiger partial charge is 0.346 e. The van der Waals surface area contributed by atoms with E-state index in [1.54, 1.807) is 0 Å². The fourth-order valence-electron chi connectivity index (χ4n) is 1.56. The van der Waals surface area contributed by atoms with Gasteiger partial charge in [-0.05, 0) is 24.3 Å². The van der Waals surface area contributed by atoms with Crippen molar-refractivity contribution in [1.29, 1.82) is 0 Å². The number of hydrogen-bond donors (Lipinski definition) is 1. The number of carbonyl (C=O) groups excluding carboxylic acids is 1. The van der Waals surface area contributed by atoms with Gasteiger partial charge in [0.05, 0.1) is 10.5 Å². The van der Waals surface area contributed by atoms with Crippen molar-refractivity contribution >= 4 is 17.3 Å². The van der Waals surface area contributed by atoms with Crippen molar-refractivity contribution in [3.63, 3.8) is 0 Å². The largest absolute Gasteiger partial charge is 0.423 e. The van der Waals surface area contributed by atoms with Gasteiger partial charge in [-0.25, -0.2) is 9.18 Å². The Balaban J connectivity index is 2.23. The van der Waals surface area contributed by atoms with Crippen molar-refractivity contribution in [3.8, 4) is 5.75 Å². The number of nitro groups is 1. The lowest BCUT2D eigenvalue weighted by atomic mass is 10.2. The summed E-state index contributed by atoms with van der Waals surface area (Å²) < 4.78 is 31.6. The second-order valence-electron chi connectivity index (χ2n) is 4.00. The number of carbonyl (C=O) groups is 1. The first-order chi connectivity index (χ1) is 9.88. The Morgan fingerprint density at radius 2 is 1.86 bits per heavy atom. The molecule has 0 saturated carbocycles. The van der Waals surface area contributed by atoms with Gasteiger partial charge in [0.1, 0.15) is 11.6 Å². The Morgan fingerprint density at radius 3 is 2.43 bits per heavy atom. The summed E-state index contributed by atoms with van der Waals surface area (Å²) in [4.78, 5) is 21.3. The van der Waals surface area contributed by atoms with E-state index in [-0.39, 0.29) is 17.0 Å². The minimum atomic E-state index is -1.16. The van der Waals surface area contributed by atoms with Crippen LogP contribution in [0.15, 0.2) is 36.4 Å². The van der Waals surface area contributed by atoms with Gasteiger partial charge in [-0.2, -0.15) is 4.39 Å². The first-order valence-corrected chi connectivity index (χ1v) is 5.59. The highest BCUT2D eigenvalue weighted by Crippen LogP contribution is 2.23. The number of rotatable bonds is 3. The first-order valence-electron chi connectivity index (χ1n) is 5.59. The van der Waals surface area contributed by atoms with E-state index in [1.165, 1.54) is 6.07 Å². The molecule has 8 heteroatoms. The number of nitro benzene ring substituents is 1. The van der Waals surface area contributed by atoms with Crippen LogP contribution in [-0.2, 0) is 0 Å². The van der Waals surface area contributed by atoms with Crippen LogP contribution in [-0.4, -0.2) is 10.9 Å². The fraction of sp³-hybridized carbons (Fsp3) is 0. The number of nitrogens with two attached hydrogens (primary N) is 1. The van der Waals surface area contributed by atoms with E-state index in [0.29, 0.717) is 6.07 Å². The van der Waals surface area contributed by atoms with E-state index in [9.17, 15) is 23.7 Å². The number of benzene rings is 2. The van der Waals surface area contributed by atoms with E-state index in [1.807, 2.05) is 0 Å². The normalized spacial score (nSPS) is 10.2. The molecule has 0 amide bonds. The van der Waals surface area contributed by atoms with Crippen molar-refractivity contribution in [1.82, 2.24) is 0 Å². The lowest BCUT2D eigenvalue weighted by Gasteiger charge is -2.06. The van der Waals surface area contributed by atoms with Crippen LogP contribution in [0.1, 0.15) is 10.4 Å². The number of esters is 1. The zero-order valence-electron chi connectivity index (χ0n) is 10.4. The molecule has 0 aliphatic heterocycles. The predicted octanol–water partition coefficient (Wildman–Crippen LogP) is 2.67. The average Bonchev–Trinajstić information content (AvgIpc) is 2.37. The molecule has 0 spiro atoms. The van der Waals surface area contributed by atoms with Crippen molar-refractivity contribution in [2.45, 2.75) is 0 Å². The summed E-state index contributed by atoms with van der Waals surface area (Å²) in [6.07, 6.45) is 0. The molecular weight excluding hydrogens is 286 g/mol. The molecule has 0 fully saturated rings. The maximum atomic E-state index is 13.5. The van der Waals surface area contributed by atoms with Crippen LogP contribution in [0.3, 0.4) is 0 Å². The third-order valence-corrected chi connectivity index (χ3v) is 2.54. The molecule has 21 heavy (non-hydrogen) atoms. The van der Waals surface area contributed by atoms with Gasteiger partial charge in [-0.3, -0.25) is 10.1 Å². The Kier molecular flexibility index (Phi) is 3.79. The van der Waals surface area contributed by atoms with Crippen LogP contribution in [0, 0.1) is 21.7 Å². The van der Waals surface area contributed by atoms with Crippen LogP contribution < -0.4 is 10.5 Å². The molecule has 2 aromatic rings. The molecule has 108 valence electrons. The molecule has 0 saturated heterocycles. The minimum absolute atomic E-state index is 0.130. The van der Waals surface area contributed by atoms with Gasteiger partial charge in [0, 0.05) is 17.8 Å². The molecular formula is C13H8F2N2O4. The molecule has 0 unspecified atom stereocenters. The Hall–Kier alpha value is -3.03. The minimum Gasteiger partial charge on any atom is -0.423 e. The summed E-state index contributed by atoms with van der Waals surface area (Å²) in [6, 6.07) is 5.91. The SMILES string of the molecule is Nc1ccc(C(=O)Oc2ccc([N+](=O)[O-])c(F)c2)c(F)c1. The summed E-state index contributed by atoms with van der Waals surface area (Å²) in [5.41, 5.74) is 4.33. The third-order valence-electron chi connectivity index (χ3n) is 2.54. The summed E-state index contributed by atoms with van der Waals surface area (Å²) in [6.45, 7) is 0. The van der Waals surface area contributed by atoms with Crippen molar-refractivity contribution in [2.75, 3.05) is 5.73 Å². The van der Waals surface area contributed by atoms with Gasteiger partial charge in [0.25, 0.3) is 0 Å². The van der Waals surface area contributed by atoms with Gasteiger partial charge < -0.3 is 10.5 Å². The van der Waals surface area contributed by atoms with Crippen molar-refractivity contribution < 1.29 is 23.2 Å². The van der Waals surface area contributed by atoms with E-state index in [0.717, 1.165) is 24.3 Å². The van der Waals surface area contributed by atoms with Gasteiger partial charge in [0.2, 0.25) is 5.82 Å². The van der Waals surface area contributed by atoms with Gasteiger partial charge >= 0.3 is 11.7 Å². The second kappa shape index (κ2) is 5.53. The molecule has 0 aliphatic carbocycles. The van der Waals surface area contributed by atoms with E-state index in [2.05, 4.69) is 0 Å². The number of halogens is 2. The van der Waals surface area contributed by atoms with Gasteiger partial charge in [-0.15, -0.1) is 0 Å². The Bertz CT molecular complexity index is 734. The van der Waals surface area contributed by atoms with Gasteiger partial charge in [-0.1, -0.05) is 0 Å². The monoisotopic (exact) mass is 294 g/mol. The van der Waals surface area contributed by atoms with Crippen molar-refractivity contribution in [3.05, 3.63) is 63.7 Å². The summed E-state index contributed by atoms with van der Waals surface area (Å²) >= 11 is 0. The van der Waals surface area contributed by atoms with Gasteiger partial charge in [0.15, 0.2) is 0 Å². The quantitative estimate of drug-likeness (QED) is 0.309. The van der Waals surface area contributed by atoms with Crippen LogP contribution >= 0.6 is 0 Å². The topological polar surface area (TPSA) is 95.5 Å². The highest BCUT2D eigenvalue weighted by atomic mass is 19.1. The average molecular weight is 294 g/mol. The number of hydrogen-bond acceptors (Lipinski definition) is 5. The van der Waals surface area contributed by atoms with Crippen LogP contribution in [0.2, 0.25) is 0 Å². The third kappa shape index (κ3) is 3.11. The molecule has 0 atom stereocenters. The molecule has 0 bridgehead atoms. The first kappa shape index (κ1) is 14.4. The number of anilines is 1. The second-order valence-corrected chi connectivity index (χ2v) is 4.00. The molecule has 0 aromatic heterocycles. The Labute approximate surface area is 116 Å². The standard InChI is InChI=1S/C13H8F2N2O4/c14-10-5-7(16)1-3-9(10)13(18)21-8-2-4-12(17(19)20)11(15)6-8/h1-6H,16H2.